The number of anilines is 1. The lowest BCUT2D eigenvalue weighted by Crippen LogP contribution is -2.52. The maximum atomic E-state index is 6.16. The first kappa shape index (κ1) is 20.8. The zero-order valence-electron chi connectivity index (χ0n) is 15.2. The minimum atomic E-state index is 0. The fourth-order valence-electron chi connectivity index (χ4n) is 3.89. The van der Waals surface area contributed by atoms with Crippen molar-refractivity contribution in [1.82, 2.24) is 4.90 Å². The van der Waals surface area contributed by atoms with Crippen molar-refractivity contribution in [3.05, 3.63) is 29.8 Å². The molecule has 2 aliphatic rings. The third-order valence-electron chi connectivity index (χ3n) is 5.39. The van der Waals surface area contributed by atoms with Gasteiger partial charge in [-0.3, -0.25) is 9.89 Å². The van der Waals surface area contributed by atoms with E-state index in [4.69, 9.17) is 10.7 Å². The molecule has 1 aliphatic heterocycles. The molecule has 2 fully saturated rings. The summed E-state index contributed by atoms with van der Waals surface area (Å²) < 4.78 is 0. The topological polar surface area (TPSA) is 53.6 Å². The van der Waals surface area contributed by atoms with Crippen molar-refractivity contribution < 1.29 is 0 Å². The van der Waals surface area contributed by atoms with E-state index in [0.717, 1.165) is 18.7 Å². The minimum absolute atomic E-state index is 0. The maximum Gasteiger partial charge on any atom is 0.193 e. The van der Waals surface area contributed by atoms with E-state index in [1.165, 1.54) is 55.8 Å². The predicted molar refractivity (Wildman–Crippen MR) is 121 cm³/mol. The summed E-state index contributed by atoms with van der Waals surface area (Å²) in [6.45, 7) is 5.39. The summed E-state index contributed by atoms with van der Waals surface area (Å²) in [7, 11) is 0. The van der Waals surface area contributed by atoms with Gasteiger partial charge in [-0.05, 0) is 37.0 Å². The van der Waals surface area contributed by atoms with Crippen molar-refractivity contribution >= 4 is 47.4 Å². The maximum absolute atomic E-state index is 6.16. The van der Waals surface area contributed by atoms with Crippen LogP contribution in [-0.4, -0.2) is 47.5 Å². The molecule has 1 saturated heterocycles. The van der Waals surface area contributed by atoms with Crippen LogP contribution in [-0.2, 0) is 6.42 Å². The molecule has 0 atom stereocenters. The van der Waals surface area contributed by atoms with Gasteiger partial charge < -0.3 is 11.1 Å². The van der Waals surface area contributed by atoms with E-state index in [2.05, 4.69) is 53.2 Å². The Balaban J connectivity index is 0.00000225. The molecule has 0 aromatic heterocycles. The summed E-state index contributed by atoms with van der Waals surface area (Å²) in [6.07, 6.45) is 6.23. The Morgan fingerprint density at radius 2 is 1.84 bits per heavy atom. The average Bonchev–Trinajstić information content (AvgIpc) is 3.12. The van der Waals surface area contributed by atoms with Gasteiger partial charge in [-0.25, -0.2) is 0 Å². The molecule has 1 aliphatic carbocycles. The number of rotatable bonds is 5. The lowest BCUT2D eigenvalue weighted by atomic mass is 9.95. The van der Waals surface area contributed by atoms with Crippen LogP contribution in [0, 0.1) is 0 Å². The van der Waals surface area contributed by atoms with Crippen LogP contribution in [0.2, 0.25) is 0 Å². The normalized spacial score (nSPS) is 20.9. The fraction of sp³-hybridized carbons (Fsp3) is 0.632. The summed E-state index contributed by atoms with van der Waals surface area (Å²) in [5.74, 6) is 3.04. The molecular weight excluding hydrogens is 443 g/mol. The molecule has 0 amide bonds. The van der Waals surface area contributed by atoms with Crippen LogP contribution in [0.15, 0.2) is 29.3 Å². The van der Waals surface area contributed by atoms with Gasteiger partial charge in [-0.2, -0.15) is 11.8 Å². The van der Waals surface area contributed by atoms with Crippen LogP contribution in [0.5, 0.6) is 0 Å². The SMILES string of the molecule is CCc1ccc(NC(N)=NCC2(N3CCSCC3)CCCC2)cc1.I. The lowest BCUT2D eigenvalue weighted by Gasteiger charge is -2.42. The Hall–Kier alpha value is -0.470. The van der Waals surface area contributed by atoms with Crippen molar-refractivity contribution in [3.8, 4) is 0 Å². The Morgan fingerprint density at radius 1 is 1.20 bits per heavy atom. The zero-order valence-corrected chi connectivity index (χ0v) is 18.3. The molecule has 1 aromatic carbocycles. The van der Waals surface area contributed by atoms with E-state index >= 15 is 0 Å². The van der Waals surface area contributed by atoms with Gasteiger partial charge in [0.2, 0.25) is 0 Å². The molecule has 4 nitrogen and oxygen atoms in total. The quantitative estimate of drug-likeness (QED) is 0.386. The van der Waals surface area contributed by atoms with Crippen molar-refractivity contribution in [2.75, 3.05) is 36.5 Å². The number of nitrogens with one attached hydrogen (secondary N) is 1. The van der Waals surface area contributed by atoms with Crippen molar-refractivity contribution in [2.24, 2.45) is 10.7 Å². The molecule has 25 heavy (non-hydrogen) atoms. The molecule has 3 rings (SSSR count). The minimum Gasteiger partial charge on any atom is -0.370 e. The number of nitrogens with zero attached hydrogens (tertiary/aromatic N) is 2. The lowest BCUT2D eigenvalue weighted by molar-refractivity contribution is 0.112. The number of guanidine groups is 1. The largest absolute Gasteiger partial charge is 0.370 e. The molecular formula is C19H31IN4S. The number of hydrogen-bond acceptors (Lipinski definition) is 3. The Labute approximate surface area is 173 Å². The van der Waals surface area contributed by atoms with Crippen molar-refractivity contribution in [1.29, 1.82) is 0 Å². The highest BCUT2D eigenvalue weighted by Crippen LogP contribution is 2.37. The molecule has 140 valence electrons. The second-order valence-electron chi connectivity index (χ2n) is 6.91. The van der Waals surface area contributed by atoms with E-state index in [1.54, 1.807) is 0 Å². The molecule has 3 N–H and O–H groups in total. The summed E-state index contributed by atoms with van der Waals surface area (Å²) in [4.78, 5) is 7.41. The van der Waals surface area contributed by atoms with Gasteiger partial charge in [0.15, 0.2) is 5.96 Å². The molecule has 6 heteroatoms. The highest BCUT2D eigenvalue weighted by Gasteiger charge is 2.39. The van der Waals surface area contributed by atoms with E-state index < -0.39 is 0 Å². The third kappa shape index (κ3) is 5.50. The van der Waals surface area contributed by atoms with Gasteiger partial charge in [-0.1, -0.05) is 31.9 Å². The Kier molecular flexibility index (Phi) is 8.35. The number of thioether (sulfide) groups is 1. The zero-order chi connectivity index (χ0) is 16.8. The molecule has 1 saturated carbocycles. The second kappa shape index (κ2) is 10.0. The van der Waals surface area contributed by atoms with Crippen molar-refractivity contribution in [3.63, 3.8) is 0 Å². The Morgan fingerprint density at radius 3 is 2.44 bits per heavy atom. The van der Waals surface area contributed by atoms with Crippen LogP contribution in [0.3, 0.4) is 0 Å². The monoisotopic (exact) mass is 474 g/mol. The summed E-state index contributed by atoms with van der Waals surface area (Å²) >= 11 is 2.07. The van der Waals surface area contributed by atoms with Crippen LogP contribution < -0.4 is 11.1 Å². The number of aryl methyl sites for hydroxylation is 1. The van der Waals surface area contributed by atoms with Gasteiger partial charge in [0.1, 0.15) is 0 Å². The van der Waals surface area contributed by atoms with Gasteiger partial charge in [0, 0.05) is 35.8 Å². The first-order valence-corrected chi connectivity index (χ1v) is 10.4. The summed E-state index contributed by atoms with van der Waals surface area (Å²) in [5, 5.41) is 3.24. The van der Waals surface area contributed by atoms with Gasteiger partial charge >= 0.3 is 0 Å². The molecule has 0 radical (unpaired) electrons. The number of hydrogen-bond donors (Lipinski definition) is 2. The second-order valence-corrected chi connectivity index (χ2v) is 8.13. The number of nitrogens with two attached hydrogens (primary N) is 1. The van der Waals surface area contributed by atoms with E-state index in [0.29, 0.717) is 5.96 Å². The highest BCUT2D eigenvalue weighted by atomic mass is 127. The standard InChI is InChI=1S/C19H30N4S.HI/c1-2-16-5-7-17(8-6-16)22-18(20)21-15-19(9-3-4-10-19)23-11-13-24-14-12-23;/h5-8H,2-4,9-15H2,1H3,(H3,20,21,22);1H. The predicted octanol–water partition coefficient (Wildman–Crippen LogP) is 3.96. The fourth-order valence-corrected chi connectivity index (χ4v) is 4.79. The highest BCUT2D eigenvalue weighted by molar-refractivity contribution is 14.0. The smallest absolute Gasteiger partial charge is 0.193 e. The summed E-state index contributed by atoms with van der Waals surface area (Å²) in [6, 6.07) is 8.43. The van der Waals surface area contributed by atoms with E-state index in [1.807, 2.05) is 0 Å². The first-order valence-electron chi connectivity index (χ1n) is 9.20. The average molecular weight is 474 g/mol. The van der Waals surface area contributed by atoms with Gasteiger partial charge in [0.25, 0.3) is 0 Å². The third-order valence-corrected chi connectivity index (χ3v) is 6.34. The van der Waals surface area contributed by atoms with Gasteiger partial charge in [0.05, 0.1) is 6.54 Å². The molecule has 1 aromatic rings. The number of aliphatic imine (C=N–C) groups is 1. The Bertz CT molecular complexity index is 549. The molecule has 0 unspecified atom stereocenters. The number of benzene rings is 1. The molecule has 0 spiro atoms. The summed E-state index contributed by atoms with van der Waals surface area (Å²) in [5.41, 5.74) is 8.76. The van der Waals surface area contributed by atoms with Crippen LogP contribution in [0.1, 0.15) is 38.2 Å². The number of halogens is 1. The van der Waals surface area contributed by atoms with E-state index in [-0.39, 0.29) is 29.5 Å². The van der Waals surface area contributed by atoms with Gasteiger partial charge in [-0.15, -0.1) is 24.0 Å². The van der Waals surface area contributed by atoms with Crippen LogP contribution in [0.4, 0.5) is 5.69 Å². The molecule has 0 bridgehead atoms. The van der Waals surface area contributed by atoms with Crippen LogP contribution in [0.25, 0.3) is 0 Å². The van der Waals surface area contributed by atoms with E-state index in [9.17, 15) is 0 Å². The molecule has 1 heterocycles. The van der Waals surface area contributed by atoms with Crippen molar-refractivity contribution in [2.45, 2.75) is 44.6 Å². The van der Waals surface area contributed by atoms with Crippen LogP contribution >= 0.6 is 35.7 Å². The first-order chi connectivity index (χ1) is 11.7.